The van der Waals surface area contributed by atoms with Crippen molar-refractivity contribution in [3.63, 3.8) is 0 Å². The first-order valence-corrected chi connectivity index (χ1v) is 10.1. The Bertz CT molecular complexity index is 1170. The number of fused-ring (bicyclic) bond motifs is 1. The van der Waals surface area contributed by atoms with Crippen LogP contribution in [-0.4, -0.2) is 30.3 Å². The van der Waals surface area contributed by atoms with E-state index >= 15 is 0 Å². The van der Waals surface area contributed by atoms with E-state index in [1.165, 1.54) is 0 Å². The third kappa shape index (κ3) is 4.66. The maximum atomic E-state index is 12.6. The Balaban J connectivity index is 1.40. The van der Waals surface area contributed by atoms with Gasteiger partial charge < -0.3 is 19.9 Å². The standard InChI is InChI=1S/C23H22ClN3O3/c1-29-18-7-2-5-15(12-18)21-10-4-8-19(30-27-21)14-25-23(28)22-13-16-11-17(24)6-3-9-20(16)26-22/h2,5-9,11-13,26H,3-4,10,14H2,1H3,(H,25,28). The van der Waals surface area contributed by atoms with Crippen molar-refractivity contribution >= 4 is 35.4 Å². The molecule has 0 bridgehead atoms. The number of nitrogens with one attached hydrogen (secondary N) is 2. The fourth-order valence-corrected chi connectivity index (χ4v) is 3.53. The number of nitrogens with zero attached hydrogens (tertiary/aromatic N) is 1. The van der Waals surface area contributed by atoms with Gasteiger partial charge in [-0.25, -0.2) is 0 Å². The summed E-state index contributed by atoms with van der Waals surface area (Å²) in [6, 6.07) is 9.51. The molecular weight excluding hydrogens is 402 g/mol. The highest BCUT2D eigenvalue weighted by Crippen LogP contribution is 2.18. The number of methoxy groups -OCH3 is 1. The first-order valence-electron chi connectivity index (χ1n) is 9.74. The monoisotopic (exact) mass is 423 g/mol. The van der Waals surface area contributed by atoms with E-state index in [0.717, 1.165) is 46.9 Å². The number of carbonyl (C=O) groups excluding carboxylic acids is 1. The third-order valence-electron chi connectivity index (χ3n) is 4.91. The number of aromatic amines is 1. The molecule has 0 radical (unpaired) electrons. The molecule has 7 heteroatoms. The number of benzene rings is 1. The smallest absolute Gasteiger partial charge is 0.268 e. The number of rotatable bonds is 5. The van der Waals surface area contributed by atoms with Crippen LogP contribution in [0.4, 0.5) is 0 Å². The molecular formula is C23H22ClN3O3. The highest BCUT2D eigenvalue weighted by molar-refractivity contribution is 6.34. The summed E-state index contributed by atoms with van der Waals surface area (Å²) in [5.74, 6) is 1.17. The van der Waals surface area contributed by atoms with Gasteiger partial charge >= 0.3 is 0 Å². The van der Waals surface area contributed by atoms with E-state index in [1.807, 2.05) is 48.6 Å². The second-order valence-corrected chi connectivity index (χ2v) is 7.41. The van der Waals surface area contributed by atoms with Crippen molar-refractivity contribution in [1.82, 2.24) is 10.3 Å². The quantitative estimate of drug-likeness (QED) is 0.776. The van der Waals surface area contributed by atoms with Gasteiger partial charge in [0.2, 0.25) is 0 Å². The summed E-state index contributed by atoms with van der Waals surface area (Å²) in [7, 11) is 1.64. The molecule has 2 aliphatic rings. The summed E-state index contributed by atoms with van der Waals surface area (Å²) in [4.78, 5) is 21.3. The van der Waals surface area contributed by atoms with Crippen molar-refractivity contribution in [1.29, 1.82) is 0 Å². The fraction of sp³-hybridized carbons (Fsp3) is 0.217. The van der Waals surface area contributed by atoms with E-state index in [-0.39, 0.29) is 12.5 Å². The lowest BCUT2D eigenvalue weighted by Crippen LogP contribution is -2.26. The van der Waals surface area contributed by atoms with Crippen LogP contribution in [0, 0.1) is 0 Å². The minimum Gasteiger partial charge on any atom is -0.497 e. The van der Waals surface area contributed by atoms with Gasteiger partial charge in [0.1, 0.15) is 17.2 Å². The van der Waals surface area contributed by atoms with E-state index in [9.17, 15) is 4.79 Å². The maximum Gasteiger partial charge on any atom is 0.268 e. The van der Waals surface area contributed by atoms with Crippen molar-refractivity contribution < 1.29 is 14.4 Å². The summed E-state index contributed by atoms with van der Waals surface area (Å²) in [5.41, 5.74) is 2.28. The van der Waals surface area contributed by atoms with Crippen LogP contribution in [0.1, 0.15) is 35.3 Å². The van der Waals surface area contributed by atoms with Crippen molar-refractivity contribution in [2.24, 2.45) is 5.16 Å². The minimum atomic E-state index is -0.212. The average molecular weight is 424 g/mol. The van der Waals surface area contributed by atoms with Gasteiger partial charge in [0.05, 0.1) is 19.4 Å². The molecule has 1 amide bonds. The molecule has 1 aromatic heterocycles. The predicted octanol–water partition coefficient (Wildman–Crippen LogP) is 2.94. The van der Waals surface area contributed by atoms with Gasteiger partial charge in [0.15, 0.2) is 0 Å². The molecule has 0 saturated carbocycles. The number of amides is 1. The molecule has 6 nitrogen and oxygen atoms in total. The molecule has 0 atom stereocenters. The minimum absolute atomic E-state index is 0.212. The number of aromatic nitrogens is 1. The molecule has 1 aliphatic carbocycles. The zero-order valence-electron chi connectivity index (χ0n) is 16.6. The number of carbonyl (C=O) groups is 1. The lowest BCUT2D eigenvalue weighted by atomic mass is 10.1. The van der Waals surface area contributed by atoms with Crippen molar-refractivity contribution in [3.8, 4) is 5.75 Å². The summed E-state index contributed by atoms with van der Waals surface area (Å²) < 4.78 is 5.27. The Morgan fingerprint density at radius 2 is 2.20 bits per heavy atom. The number of ether oxygens (including phenoxy) is 1. The van der Waals surface area contributed by atoms with Crippen LogP contribution in [0.5, 0.6) is 5.75 Å². The van der Waals surface area contributed by atoms with E-state index in [0.29, 0.717) is 16.5 Å². The van der Waals surface area contributed by atoms with Crippen LogP contribution in [0.15, 0.2) is 58.4 Å². The number of hydrogen-bond donors (Lipinski definition) is 2. The topological polar surface area (TPSA) is 75.7 Å². The highest BCUT2D eigenvalue weighted by Gasteiger charge is 2.13. The molecule has 30 heavy (non-hydrogen) atoms. The van der Waals surface area contributed by atoms with Gasteiger partial charge in [0, 0.05) is 21.2 Å². The van der Waals surface area contributed by atoms with Crippen LogP contribution in [-0.2, 0) is 4.84 Å². The lowest BCUT2D eigenvalue weighted by Gasteiger charge is -2.07. The average Bonchev–Trinajstić information content (AvgIpc) is 2.92. The number of H-pyrrole nitrogens is 1. The largest absolute Gasteiger partial charge is 0.497 e. The molecule has 154 valence electrons. The first kappa shape index (κ1) is 20.0. The van der Waals surface area contributed by atoms with Gasteiger partial charge in [-0.3, -0.25) is 4.79 Å². The summed E-state index contributed by atoms with van der Waals surface area (Å²) >= 11 is 6.12. The van der Waals surface area contributed by atoms with Gasteiger partial charge in [-0.2, -0.15) is 0 Å². The van der Waals surface area contributed by atoms with Crippen molar-refractivity contribution in [2.45, 2.75) is 19.3 Å². The van der Waals surface area contributed by atoms with E-state index < -0.39 is 0 Å². The van der Waals surface area contributed by atoms with Gasteiger partial charge in [-0.15, -0.1) is 0 Å². The zero-order valence-corrected chi connectivity index (χ0v) is 17.3. The second-order valence-electron chi connectivity index (χ2n) is 6.98. The summed E-state index contributed by atoms with van der Waals surface area (Å²) in [6.07, 6.45) is 9.96. The van der Waals surface area contributed by atoms with Crippen molar-refractivity contribution in [2.75, 3.05) is 13.7 Å². The Labute approximate surface area is 179 Å². The fourth-order valence-electron chi connectivity index (χ4n) is 3.33. The lowest BCUT2D eigenvalue weighted by molar-refractivity contribution is 0.0942. The molecule has 0 unspecified atom stereocenters. The molecule has 4 rings (SSSR count). The van der Waals surface area contributed by atoms with Gasteiger partial charge in [-0.1, -0.05) is 41.0 Å². The second kappa shape index (κ2) is 9.05. The van der Waals surface area contributed by atoms with Crippen LogP contribution in [0.3, 0.4) is 0 Å². The normalized spacial score (nSPS) is 15.6. The highest BCUT2D eigenvalue weighted by atomic mass is 35.5. The Hall–Kier alpha value is -3.25. The van der Waals surface area contributed by atoms with Crippen molar-refractivity contribution in [3.05, 3.63) is 75.1 Å². The SMILES string of the molecule is COc1cccc(C2=NOC(CNC(=O)c3cc4c([nH]3)=CCC=C(Cl)C=4)=CCC2)c1. The molecule has 2 heterocycles. The zero-order chi connectivity index (χ0) is 20.9. The Kier molecular flexibility index (Phi) is 6.05. The van der Waals surface area contributed by atoms with Crippen LogP contribution in [0.25, 0.3) is 12.2 Å². The molecule has 0 fully saturated rings. The Morgan fingerprint density at radius 1 is 1.30 bits per heavy atom. The maximum absolute atomic E-state index is 12.6. The van der Waals surface area contributed by atoms with E-state index in [2.05, 4.69) is 15.5 Å². The first-order chi connectivity index (χ1) is 14.6. The number of oxime groups is 1. The van der Waals surface area contributed by atoms with Gasteiger partial charge in [-0.05, 0) is 49.6 Å². The summed E-state index contributed by atoms with van der Waals surface area (Å²) in [5, 5.41) is 9.61. The number of allylic oxidation sites excluding steroid dienone is 3. The van der Waals surface area contributed by atoms with E-state index in [4.69, 9.17) is 21.2 Å². The molecule has 1 aliphatic heterocycles. The molecule has 2 aromatic rings. The van der Waals surface area contributed by atoms with Crippen LogP contribution < -0.4 is 20.6 Å². The molecule has 1 aromatic carbocycles. The third-order valence-corrected chi connectivity index (χ3v) is 5.17. The summed E-state index contributed by atoms with van der Waals surface area (Å²) in [6.45, 7) is 0.255. The van der Waals surface area contributed by atoms with E-state index in [1.54, 1.807) is 13.2 Å². The predicted molar refractivity (Wildman–Crippen MR) is 118 cm³/mol. The molecule has 0 saturated heterocycles. The van der Waals surface area contributed by atoms with Crippen LogP contribution >= 0.6 is 11.6 Å². The Morgan fingerprint density at radius 3 is 3.07 bits per heavy atom. The molecule has 2 N–H and O–H groups in total. The van der Waals surface area contributed by atoms with Gasteiger partial charge in [0.25, 0.3) is 5.91 Å². The van der Waals surface area contributed by atoms with Crippen LogP contribution in [0.2, 0.25) is 0 Å². The number of hydrogen-bond acceptors (Lipinski definition) is 4. The molecule has 0 spiro atoms. The number of halogens is 1.